The van der Waals surface area contributed by atoms with Gasteiger partial charge in [0.1, 0.15) is 5.01 Å². The van der Waals surface area contributed by atoms with Gasteiger partial charge in [0.05, 0.1) is 5.69 Å². The van der Waals surface area contributed by atoms with E-state index in [0.717, 1.165) is 34.1 Å². The molecule has 1 aromatic carbocycles. The molecule has 0 atom stereocenters. The van der Waals surface area contributed by atoms with Crippen molar-refractivity contribution in [3.05, 3.63) is 57.0 Å². The summed E-state index contributed by atoms with van der Waals surface area (Å²) in [6.45, 7) is 8.23. The van der Waals surface area contributed by atoms with Gasteiger partial charge in [0, 0.05) is 16.8 Å². The van der Waals surface area contributed by atoms with E-state index >= 15 is 0 Å². The Morgan fingerprint density at radius 3 is 2.94 bits per heavy atom. The Hall–Kier alpha value is -1.12. The number of rotatable bonds is 4. The topological polar surface area (TPSA) is 12.9 Å². The predicted molar refractivity (Wildman–Crippen MR) is 80.4 cm³/mol. The van der Waals surface area contributed by atoms with E-state index in [1.165, 1.54) is 11.1 Å². The van der Waals surface area contributed by atoms with Gasteiger partial charge in [0.25, 0.3) is 0 Å². The summed E-state index contributed by atoms with van der Waals surface area (Å²) in [6, 6.07) is 5.99. The zero-order valence-corrected chi connectivity index (χ0v) is 12.2. The van der Waals surface area contributed by atoms with Crippen LogP contribution in [0.2, 0.25) is 5.02 Å². The molecule has 0 aliphatic heterocycles. The predicted octanol–water partition coefficient (Wildman–Crippen LogP) is 5.12. The molecule has 1 nitrogen and oxygen atoms in total. The van der Waals surface area contributed by atoms with E-state index in [4.69, 9.17) is 11.6 Å². The van der Waals surface area contributed by atoms with Crippen LogP contribution in [0, 0.1) is 6.92 Å². The standard InChI is InChI=1S/C15H16ClNS/c1-4-10(2)15-17-14(9-18-15)8-12-7-13(16)6-5-11(12)3/h5-7,9H,2,4,8H2,1,3H3. The molecule has 0 radical (unpaired) electrons. The number of aromatic nitrogens is 1. The molecule has 2 aromatic rings. The molecule has 0 N–H and O–H groups in total. The lowest BCUT2D eigenvalue weighted by atomic mass is 10.0. The van der Waals surface area contributed by atoms with Crippen LogP contribution in [0.3, 0.4) is 0 Å². The van der Waals surface area contributed by atoms with Crippen LogP contribution in [0.1, 0.15) is 35.2 Å². The summed E-state index contributed by atoms with van der Waals surface area (Å²) < 4.78 is 0. The molecule has 1 aromatic heterocycles. The minimum absolute atomic E-state index is 0.782. The smallest absolute Gasteiger partial charge is 0.118 e. The lowest BCUT2D eigenvalue weighted by Gasteiger charge is -2.04. The fourth-order valence-corrected chi connectivity index (χ4v) is 2.79. The lowest BCUT2D eigenvalue weighted by molar-refractivity contribution is 1.07. The summed E-state index contributed by atoms with van der Waals surface area (Å²) in [5.41, 5.74) is 4.69. The van der Waals surface area contributed by atoms with Crippen molar-refractivity contribution >= 4 is 28.5 Å². The van der Waals surface area contributed by atoms with Crippen molar-refractivity contribution in [2.45, 2.75) is 26.7 Å². The Kier molecular flexibility index (Phi) is 4.20. The second-order valence-corrected chi connectivity index (χ2v) is 5.64. The molecule has 0 saturated carbocycles. The third-order valence-electron chi connectivity index (χ3n) is 2.96. The largest absolute Gasteiger partial charge is 0.241 e. The first-order chi connectivity index (χ1) is 8.60. The molecule has 2 rings (SSSR count). The van der Waals surface area contributed by atoms with E-state index in [2.05, 4.69) is 36.9 Å². The average Bonchev–Trinajstić information content (AvgIpc) is 2.81. The zero-order valence-electron chi connectivity index (χ0n) is 10.7. The van der Waals surface area contributed by atoms with Crippen molar-refractivity contribution in [2.75, 3.05) is 0 Å². The van der Waals surface area contributed by atoms with Crippen molar-refractivity contribution in [1.82, 2.24) is 4.98 Å². The van der Waals surface area contributed by atoms with Gasteiger partial charge < -0.3 is 0 Å². The van der Waals surface area contributed by atoms with Gasteiger partial charge in [-0.15, -0.1) is 11.3 Å². The number of hydrogen-bond donors (Lipinski definition) is 0. The fraction of sp³-hybridized carbons (Fsp3) is 0.267. The van der Waals surface area contributed by atoms with Crippen molar-refractivity contribution in [3.8, 4) is 0 Å². The van der Waals surface area contributed by atoms with Gasteiger partial charge in [0.15, 0.2) is 0 Å². The number of thiazole rings is 1. The Morgan fingerprint density at radius 2 is 2.22 bits per heavy atom. The molecule has 18 heavy (non-hydrogen) atoms. The highest BCUT2D eigenvalue weighted by Gasteiger charge is 2.07. The van der Waals surface area contributed by atoms with Crippen molar-refractivity contribution in [1.29, 1.82) is 0 Å². The minimum Gasteiger partial charge on any atom is -0.241 e. The lowest BCUT2D eigenvalue weighted by Crippen LogP contribution is -1.92. The number of benzene rings is 1. The summed E-state index contributed by atoms with van der Waals surface area (Å²) in [7, 11) is 0. The molecule has 0 bridgehead atoms. The monoisotopic (exact) mass is 277 g/mol. The third kappa shape index (κ3) is 3.01. The SMILES string of the molecule is C=C(CC)c1nc(Cc2cc(Cl)ccc2C)cs1. The molecule has 0 saturated heterocycles. The van der Waals surface area contributed by atoms with Crippen LogP contribution in [-0.2, 0) is 6.42 Å². The highest BCUT2D eigenvalue weighted by molar-refractivity contribution is 7.10. The normalized spacial score (nSPS) is 10.6. The van der Waals surface area contributed by atoms with E-state index in [1.54, 1.807) is 11.3 Å². The van der Waals surface area contributed by atoms with Crippen LogP contribution in [-0.4, -0.2) is 4.98 Å². The number of nitrogens with zero attached hydrogens (tertiary/aromatic N) is 1. The van der Waals surface area contributed by atoms with Crippen LogP contribution in [0.15, 0.2) is 30.2 Å². The van der Waals surface area contributed by atoms with Gasteiger partial charge in [-0.2, -0.15) is 0 Å². The molecular weight excluding hydrogens is 262 g/mol. The van der Waals surface area contributed by atoms with Crippen molar-refractivity contribution in [2.24, 2.45) is 0 Å². The molecule has 0 fully saturated rings. The summed E-state index contributed by atoms with van der Waals surface area (Å²) in [5.74, 6) is 0. The highest BCUT2D eigenvalue weighted by atomic mass is 35.5. The van der Waals surface area contributed by atoms with Gasteiger partial charge in [-0.25, -0.2) is 4.98 Å². The second kappa shape index (κ2) is 5.68. The van der Waals surface area contributed by atoms with Crippen molar-refractivity contribution in [3.63, 3.8) is 0 Å². The van der Waals surface area contributed by atoms with Crippen LogP contribution in [0.4, 0.5) is 0 Å². The maximum absolute atomic E-state index is 6.03. The number of allylic oxidation sites excluding steroid dienone is 1. The molecule has 0 amide bonds. The third-order valence-corrected chi connectivity index (χ3v) is 4.19. The first-order valence-corrected chi connectivity index (χ1v) is 7.23. The summed E-state index contributed by atoms with van der Waals surface area (Å²) >= 11 is 7.70. The van der Waals surface area contributed by atoms with E-state index in [-0.39, 0.29) is 0 Å². The van der Waals surface area contributed by atoms with E-state index in [9.17, 15) is 0 Å². The second-order valence-electron chi connectivity index (χ2n) is 4.35. The first kappa shape index (κ1) is 13.3. The summed E-state index contributed by atoms with van der Waals surface area (Å²) in [5, 5.41) is 3.94. The quantitative estimate of drug-likeness (QED) is 0.756. The van der Waals surface area contributed by atoms with Crippen LogP contribution < -0.4 is 0 Å². The number of halogens is 1. The Morgan fingerprint density at radius 1 is 1.44 bits per heavy atom. The van der Waals surface area contributed by atoms with Gasteiger partial charge in [-0.3, -0.25) is 0 Å². The van der Waals surface area contributed by atoms with Crippen LogP contribution >= 0.6 is 22.9 Å². The molecule has 94 valence electrons. The fourth-order valence-electron chi connectivity index (χ4n) is 1.73. The minimum atomic E-state index is 0.782. The molecule has 0 aliphatic rings. The van der Waals surface area contributed by atoms with Gasteiger partial charge in [0.2, 0.25) is 0 Å². The van der Waals surface area contributed by atoms with Crippen LogP contribution in [0.5, 0.6) is 0 Å². The maximum Gasteiger partial charge on any atom is 0.118 e. The number of hydrogen-bond acceptors (Lipinski definition) is 2. The van der Waals surface area contributed by atoms with Crippen molar-refractivity contribution < 1.29 is 0 Å². The molecule has 0 spiro atoms. The average molecular weight is 278 g/mol. The van der Waals surface area contributed by atoms with Gasteiger partial charge >= 0.3 is 0 Å². The van der Waals surface area contributed by atoms with Gasteiger partial charge in [-0.1, -0.05) is 31.2 Å². The molecule has 0 unspecified atom stereocenters. The highest BCUT2D eigenvalue weighted by Crippen LogP contribution is 2.23. The molecule has 0 aliphatic carbocycles. The van der Waals surface area contributed by atoms with Gasteiger partial charge in [-0.05, 0) is 42.2 Å². The molecular formula is C15H16ClNS. The number of aryl methyl sites for hydroxylation is 1. The van der Waals surface area contributed by atoms with E-state index in [1.807, 2.05) is 12.1 Å². The molecule has 1 heterocycles. The summed E-state index contributed by atoms with van der Waals surface area (Å²) in [6.07, 6.45) is 1.78. The Bertz CT molecular complexity index is 572. The maximum atomic E-state index is 6.03. The zero-order chi connectivity index (χ0) is 13.1. The Balaban J connectivity index is 2.21. The summed E-state index contributed by atoms with van der Waals surface area (Å²) in [4.78, 5) is 4.62. The van der Waals surface area contributed by atoms with Crippen LogP contribution in [0.25, 0.3) is 5.57 Å². The Labute approximate surface area is 117 Å². The van der Waals surface area contributed by atoms with E-state index < -0.39 is 0 Å². The van der Waals surface area contributed by atoms with E-state index in [0.29, 0.717) is 0 Å². The first-order valence-electron chi connectivity index (χ1n) is 5.97. The molecule has 3 heteroatoms.